The number of carbonyl (C=O) groups excluding carboxylic acids is 1. The van der Waals surface area contributed by atoms with Crippen LogP contribution in [0.3, 0.4) is 0 Å². The second kappa shape index (κ2) is 2.86. The first kappa shape index (κ1) is 7.98. The highest BCUT2D eigenvalue weighted by atomic mass is 16.2. The summed E-state index contributed by atoms with van der Waals surface area (Å²) in [5, 5.41) is 4.05. The van der Waals surface area contributed by atoms with Crippen molar-refractivity contribution >= 4 is 5.91 Å². The van der Waals surface area contributed by atoms with Crippen LogP contribution in [-0.4, -0.2) is 15.7 Å². The van der Waals surface area contributed by atoms with E-state index in [1.807, 2.05) is 6.92 Å². The summed E-state index contributed by atoms with van der Waals surface area (Å²) in [7, 11) is 0. The lowest BCUT2D eigenvalue weighted by molar-refractivity contribution is 0.0920. The third-order valence-electron chi connectivity index (χ3n) is 1.70. The quantitative estimate of drug-likeness (QED) is 0.610. The first-order valence-electron chi connectivity index (χ1n) is 3.71. The molecule has 0 saturated heterocycles. The van der Waals surface area contributed by atoms with Gasteiger partial charge in [-0.1, -0.05) is 6.92 Å². The summed E-state index contributed by atoms with van der Waals surface area (Å²) in [5.74, 6) is -0.0344. The van der Waals surface area contributed by atoms with Crippen molar-refractivity contribution in [1.29, 1.82) is 0 Å². The minimum atomic E-state index is -0.0344. The Balaban J connectivity index is 3.05. The molecule has 0 atom stereocenters. The first-order chi connectivity index (χ1) is 5.15. The molecule has 0 spiro atoms. The molecule has 0 aliphatic heterocycles. The lowest BCUT2D eigenvalue weighted by atomic mass is 10.2. The van der Waals surface area contributed by atoms with Gasteiger partial charge in [0.1, 0.15) is 0 Å². The molecule has 1 heterocycles. The van der Waals surface area contributed by atoms with Crippen molar-refractivity contribution in [3.63, 3.8) is 0 Å². The van der Waals surface area contributed by atoms with Crippen LogP contribution in [0.15, 0.2) is 6.20 Å². The Morgan fingerprint density at radius 2 is 2.36 bits per heavy atom. The van der Waals surface area contributed by atoms with Gasteiger partial charge in [-0.3, -0.25) is 4.79 Å². The van der Waals surface area contributed by atoms with E-state index < -0.39 is 0 Å². The van der Waals surface area contributed by atoms with Gasteiger partial charge in [-0.15, -0.1) is 0 Å². The Hall–Kier alpha value is -1.12. The smallest absolute Gasteiger partial charge is 0.243 e. The molecule has 0 aliphatic rings. The van der Waals surface area contributed by atoms with Crippen LogP contribution in [-0.2, 0) is 6.42 Å². The largest absolute Gasteiger partial charge is 0.273 e. The SMILES string of the molecule is CCc1cn(C(C)=O)nc1C. The highest BCUT2D eigenvalue weighted by molar-refractivity contribution is 5.75. The zero-order valence-corrected chi connectivity index (χ0v) is 7.09. The summed E-state index contributed by atoms with van der Waals surface area (Å²) in [6, 6.07) is 0. The van der Waals surface area contributed by atoms with E-state index in [-0.39, 0.29) is 5.91 Å². The zero-order valence-electron chi connectivity index (χ0n) is 7.09. The second-order valence-electron chi connectivity index (χ2n) is 2.56. The average molecular weight is 152 g/mol. The topological polar surface area (TPSA) is 34.9 Å². The first-order valence-corrected chi connectivity index (χ1v) is 3.71. The molecule has 60 valence electrons. The predicted molar refractivity (Wildman–Crippen MR) is 42.6 cm³/mol. The molecule has 3 nitrogen and oxygen atoms in total. The van der Waals surface area contributed by atoms with E-state index >= 15 is 0 Å². The van der Waals surface area contributed by atoms with Crippen LogP contribution < -0.4 is 0 Å². The standard InChI is InChI=1S/C8H12N2O/c1-4-8-5-10(7(3)11)9-6(8)2/h5H,4H2,1-3H3. The maximum Gasteiger partial charge on any atom is 0.243 e. The predicted octanol–water partition coefficient (Wildman–Crippen LogP) is 1.41. The van der Waals surface area contributed by atoms with E-state index in [0.29, 0.717) is 0 Å². The summed E-state index contributed by atoms with van der Waals surface area (Å²) in [6.45, 7) is 5.47. The Labute approximate surface area is 66.0 Å². The van der Waals surface area contributed by atoms with E-state index in [4.69, 9.17) is 0 Å². The molecule has 0 bridgehead atoms. The van der Waals surface area contributed by atoms with Gasteiger partial charge in [-0.25, -0.2) is 4.68 Å². The van der Waals surface area contributed by atoms with Gasteiger partial charge in [0.05, 0.1) is 5.69 Å². The number of hydrogen-bond donors (Lipinski definition) is 0. The molecule has 1 aromatic heterocycles. The van der Waals surface area contributed by atoms with Gasteiger partial charge in [0.15, 0.2) is 0 Å². The number of aryl methyl sites for hydroxylation is 2. The van der Waals surface area contributed by atoms with Crippen LogP contribution in [0.4, 0.5) is 0 Å². The van der Waals surface area contributed by atoms with Crippen molar-refractivity contribution in [1.82, 2.24) is 9.78 Å². The third-order valence-corrected chi connectivity index (χ3v) is 1.70. The van der Waals surface area contributed by atoms with Gasteiger partial charge >= 0.3 is 0 Å². The third kappa shape index (κ3) is 1.48. The minimum absolute atomic E-state index is 0.0344. The van der Waals surface area contributed by atoms with E-state index in [1.54, 1.807) is 6.20 Å². The fourth-order valence-corrected chi connectivity index (χ4v) is 1.00. The molecular weight excluding hydrogens is 140 g/mol. The molecule has 0 fully saturated rings. The highest BCUT2D eigenvalue weighted by Crippen LogP contribution is 2.05. The monoisotopic (exact) mass is 152 g/mol. The summed E-state index contributed by atoms with van der Waals surface area (Å²) in [4.78, 5) is 10.8. The highest BCUT2D eigenvalue weighted by Gasteiger charge is 2.04. The molecule has 11 heavy (non-hydrogen) atoms. The Kier molecular flexibility index (Phi) is 2.08. The average Bonchev–Trinajstić information content (AvgIpc) is 2.31. The van der Waals surface area contributed by atoms with Gasteiger partial charge < -0.3 is 0 Å². The molecule has 3 heteroatoms. The van der Waals surface area contributed by atoms with Crippen LogP contribution in [0, 0.1) is 6.92 Å². The van der Waals surface area contributed by atoms with E-state index in [1.165, 1.54) is 11.6 Å². The molecule has 0 aromatic carbocycles. The molecule has 1 aromatic rings. The maximum absolute atomic E-state index is 10.8. The molecule has 0 saturated carbocycles. The summed E-state index contributed by atoms with van der Waals surface area (Å²) >= 11 is 0. The van der Waals surface area contributed by atoms with Crippen molar-refractivity contribution < 1.29 is 4.79 Å². The van der Waals surface area contributed by atoms with Crippen LogP contribution in [0.1, 0.15) is 29.9 Å². The lowest BCUT2D eigenvalue weighted by Gasteiger charge is -1.88. The summed E-state index contributed by atoms with van der Waals surface area (Å²) < 4.78 is 1.38. The van der Waals surface area contributed by atoms with Crippen LogP contribution in [0.25, 0.3) is 0 Å². The van der Waals surface area contributed by atoms with E-state index in [9.17, 15) is 4.79 Å². The fourth-order valence-electron chi connectivity index (χ4n) is 1.00. The normalized spacial score (nSPS) is 10.1. The Bertz CT molecular complexity index is 276. The fraction of sp³-hybridized carbons (Fsp3) is 0.500. The second-order valence-corrected chi connectivity index (χ2v) is 2.56. The maximum atomic E-state index is 10.8. The zero-order chi connectivity index (χ0) is 8.43. The lowest BCUT2D eigenvalue weighted by Crippen LogP contribution is -2.05. The van der Waals surface area contributed by atoms with Crippen LogP contribution >= 0.6 is 0 Å². The summed E-state index contributed by atoms with van der Waals surface area (Å²) in [5.41, 5.74) is 2.09. The van der Waals surface area contributed by atoms with Gasteiger partial charge in [0.2, 0.25) is 5.91 Å². The molecule has 0 radical (unpaired) electrons. The number of hydrogen-bond acceptors (Lipinski definition) is 2. The molecule has 1 rings (SSSR count). The van der Waals surface area contributed by atoms with Crippen molar-refractivity contribution in [2.24, 2.45) is 0 Å². The van der Waals surface area contributed by atoms with Gasteiger partial charge in [-0.2, -0.15) is 5.10 Å². The van der Waals surface area contributed by atoms with Crippen molar-refractivity contribution in [2.45, 2.75) is 27.2 Å². The Morgan fingerprint density at radius 3 is 2.64 bits per heavy atom. The molecular formula is C8H12N2O. The van der Waals surface area contributed by atoms with Gasteiger partial charge in [0, 0.05) is 13.1 Å². The van der Waals surface area contributed by atoms with E-state index in [2.05, 4.69) is 12.0 Å². The van der Waals surface area contributed by atoms with Crippen molar-refractivity contribution in [2.75, 3.05) is 0 Å². The molecule has 0 amide bonds. The molecule has 0 unspecified atom stereocenters. The molecule has 0 aliphatic carbocycles. The summed E-state index contributed by atoms with van der Waals surface area (Å²) in [6.07, 6.45) is 2.72. The molecule has 0 N–H and O–H groups in total. The number of rotatable bonds is 1. The number of carbonyl (C=O) groups is 1. The van der Waals surface area contributed by atoms with Crippen molar-refractivity contribution in [3.8, 4) is 0 Å². The number of nitrogens with zero attached hydrogens (tertiary/aromatic N) is 2. The van der Waals surface area contributed by atoms with Gasteiger partial charge in [0.25, 0.3) is 0 Å². The van der Waals surface area contributed by atoms with E-state index in [0.717, 1.165) is 17.7 Å². The van der Waals surface area contributed by atoms with Crippen LogP contribution in [0.5, 0.6) is 0 Å². The number of aromatic nitrogens is 2. The Morgan fingerprint density at radius 1 is 1.73 bits per heavy atom. The van der Waals surface area contributed by atoms with Gasteiger partial charge in [-0.05, 0) is 18.9 Å². The van der Waals surface area contributed by atoms with Crippen molar-refractivity contribution in [3.05, 3.63) is 17.5 Å². The minimum Gasteiger partial charge on any atom is -0.273 e. The van der Waals surface area contributed by atoms with Crippen LogP contribution in [0.2, 0.25) is 0 Å².